The lowest BCUT2D eigenvalue weighted by Gasteiger charge is -1.77. The van der Waals surface area contributed by atoms with Gasteiger partial charge in [0.2, 0.25) is 0 Å². The van der Waals surface area contributed by atoms with Crippen LogP contribution in [-0.2, 0) is 4.79 Å². The van der Waals surface area contributed by atoms with Crippen LogP contribution < -0.4 is 0 Å². The number of carbonyl (C=O) groups is 1. The number of rotatable bonds is 2. The van der Waals surface area contributed by atoms with Crippen LogP contribution in [0.25, 0.3) is 0 Å². The fourth-order valence-corrected chi connectivity index (χ4v) is 0.0808. The molecule has 0 aromatic heterocycles. The van der Waals surface area contributed by atoms with Gasteiger partial charge >= 0.3 is 5.97 Å². The summed E-state index contributed by atoms with van der Waals surface area (Å²) in [6.45, 7) is -0.769. The van der Waals surface area contributed by atoms with E-state index in [4.69, 9.17) is 5.11 Å². The summed E-state index contributed by atoms with van der Waals surface area (Å²) in [4.78, 5) is 9.36. The average molecular weight is 129 g/mol. The summed E-state index contributed by atoms with van der Waals surface area (Å²) in [6.07, 6.45) is -0.375. The molecule has 0 aromatic carbocycles. The van der Waals surface area contributed by atoms with E-state index in [1.807, 2.05) is 0 Å². The molecule has 0 unspecified atom stereocenters. The van der Waals surface area contributed by atoms with Crippen LogP contribution in [0.4, 0.5) is 4.39 Å². The molecule has 0 aliphatic heterocycles. The van der Waals surface area contributed by atoms with Gasteiger partial charge < -0.3 is 5.11 Å². The van der Waals surface area contributed by atoms with Crippen molar-refractivity contribution >= 4 is 18.4 Å². The quantitative estimate of drug-likeness (QED) is 0.599. The molecule has 0 fully saturated rings. The molecule has 0 aliphatic carbocycles. The van der Waals surface area contributed by atoms with E-state index in [1.54, 1.807) is 0 Å². The molecule has 44 valence electrons. The van der Waals surface area contributed by atoms with E-state index in [9.17, 15) is 9.18 Å². The van der Waals surface area contributed by atoms with Gasteiger partial charge in [-0.1, -0.05) is 0 Å². The van der Waals surface area contributed by atoms with Crippen molar-refractivity contribution in [1.82, 2.24) is 0 Å². The largest absolute Gasteiger partial charge is 0.481 e. The maximum atomic E-state index is 10.9. The highest BCUT2D eigenvalue weighted by molar-refractivity contribution is 5.85. The number of hydrogen-bond donors (Lipinski definition) is 1. The van der Waals surface area contributed by atoms with Crippen molar-refractivity contribution in [2.24, 2.45) is 0 Å². The zero-order chi connectivity index (χ0) is 4.99. The Hall–Kier alpha value is -0.310. The molecule has 0 saturated carbocycles. The molecule has 0 bridgehead atoms. The van der Waals surface area contributed by atoms with Crippen LogP contribution in [0.2, 0.25) is 0 Å². The van der Waals surface area contributed by atoms with E-state index in [0.29, 0.717) is 0 Å². The van der Waals surface area contributed by atoms with Crippen molar-refractivity contribution in [3.8, 4) is 0 Å². The molecule has 7 heavy (non-hydrogen) atoms. The lowest BCUT2D eigenvalue weighted by molar-refractivity contribution is -0.137. The van der Waals surface area contributed by atoms with Gasteiger partial charge in [-0.2, -0.15) is 0 Å². The highest BCUT2D eigenvalue weighted by Gasteiger charge is 1.90. The third-order valence-corrected chi connectivity index (χ3v) is 0.308. The standard InChI is InChI=1S/C3H5FO2.ClH/c4-2-1-3(5)6;/h1-2H2,(H,5,6);1H. The SMILES string of the molecule is Cl.O=C(O)CCF. The Labute approximate surface area is 46.7 Å². The Balaban J connectivity index is 0. The minimum atomic E-state index is -1.09. The molecule has 0 amide bonds. The number of hydrogen-bond acceptors (Lipinski definition) is 1. The molecule has 0 saturated heterocycles. The normalized spacial score (nSPS) is 7.00. The van der Waals surface area contributed by atoms with Crippen molar-refractivity contribution in [3.05, 3.63) is 0 Å². The summed E-state index contributed by atoms with van der Waals surface area (Å²) >= 11 is 0. The van der Waals surface area contributed by atoms with Crippen molar-refractivity contribution in [1.29, 1.82) is 0 Å². The van der Waals surface area contributed by atoms with E-state index >= 15 is 0 Å². The van der Waals surface area contributed by atoms with Gasteiger partial charge in [-0.15, -0.1) is 12.4 Å². The maximum absolute atomic E-state index is 10.9. The number of alkyl halides is 1. The second kappa shape index (κ2) is 5.69. The molecule has 1 N–H and O–H groups in total. The van der Waals surface area contributed by atoms with Gasteiger partial charge in [0.05, 0.1) is 13.1 Å². The van der Waals surface area contributed by atoms with Crippen LogP contribution in [-0.4, -0.2) is 17.8 Å². The lowest BCUT2D eigenvalue weighted by atomic mass is 10.5. The first-order valence-corrected chi connectivity index (χ1v) is 1.55. The summed E-state index contributed by atoms with van der Waals surface area (Å²) in [5, 5.41) is 7.67. The molecule has 0 atom stereocenters. The first-order valence-electron chi connectivity index (χ1n) is 1.55. The fraction of sp³-hybridized carbons (Fsp3) is 0.667. The number of halogens is 2. The van der Waals surface area contributed by atoms with E-state index in [0.717, 1.165) is 0 Å². The molecule has 0 spiro atoms. The fourth-order valence-electron chi connectivity index (χ4n) is 0.0808. The Morgan fingerprint density at radius 3 is 2.14 bits per heavy atom. The Kier molecular flexibility index (Phi) is 8.00. The molecule has 4 heteroatoms. The van der Waals surface area contributed by atoms with Crippen LogP contribution in [0.5, 0.6) is 0 Å². The maximum Gasteiger partial charge on any atom is 0.305 e. The summed E-state index contributed by atoms with van der Waals surface area (Å²) in [5.41, 5.74) is 0. The third kappa shape index (κ3) is 10.7. The van der Waals surface area contributed by atoms with Gasteiger partial charge in [-0.05, 0) is 0 Å². The highest BCUT2D eigenvalue weighted by atomic mass is 35.5. The second-order valence-corrected chi connectivity index (χ2v) is 0.833. The zero-order valence-electron chi connectivity index (χ0n) is 3.56. The van der Waals surface area contributed by atoms with Crippen LogP contribution in [0, 0.1) is 0 Å². The van der Waals surface area contributed by atoms with E-state index in [-0.39, 0.29) is 18.8 Å². The molecule has 0 aliphatic rings. The smallest absolute Gasteiger partial charge is 0.305 e. The topological polar surface area (TPSA) is 37.3 Å². The average Bonchev–Trinajstić information content (AvgIpc) is 1.35. The molecular formula is C3H6ClFO2. The van der Waals surface area contributed by atoms with E-state index in [1.165, 1.54) is 0 Å². The molecule has 0 rings (SSSR count). The lowest BCUT2D eigenvalue weighted by Crippen LogP contribution is -1.93. The van der Waals surface area contributed by atoms with Crippen molar-refractivity contribution in [3.63, 3.8) is 0 Å². The molecule has 0 aromatic rings. The Bertz CT molecular complexity index is 56.9. The highest BCUT2D eigenvalue weighted by Crippen LogP contribution is 1.76. The van der Waals surface area contributed by atoms with Gasteiger partial charge in [0.15, 0.2) is 0 Å². The molecule has 2 nitrogen and oxygen atoms in total. The van der Waals surface area contributed by atoms with Gasteiger partial charge in [0.1, 0.15) is 0 Å². The van der Waals surface area contributed by atoms with Crippen molar-refractivity contribution < 1.29 is 14.3 Å². The summed E-state index contributed by atoms with van der Waals surface area (Å²) in [5.74, 6) is -1.09. The number of carboxylic acid groups (broad SMARTS) is 1. The first kappa shape index (κ1) is 9.85. The van der Waals surface area contributed by atoms with Crippen LogP contribution in [0.15, 0.2) is 0 Å². The predicted molar refractivity (Wildman–Crippen MR) is 25.5 cm³/mol. The summed E-state index contributed by atoms with van der Waals surface area (Å²) in [7, 11) is 0. The predicted octanol–water partition coefficient (Wildman–Crippen LogP) is 0.852. The van der Waals surface area contributed by atoms with Crippen LogP contribution in [0.1, 0.15) is 6.42 Å². The molecule has 0 radical (unpaired) electrons. The van der Waals surface area contributed by atoms with Gasteiger partial charge in [-0.25, -0.2) is 0 Å². The van der Waals surface area contributed by atoms with Gasteiger partial charge in [0.25, 0.3) is 0 Å². The number of carboxylic acids is 1. The van der Waals surface area contributed by atoms with Crippen molar-refractivity contribution in [2.75, 3.05) is 6.67 Å². The van der Waals surface area contributed by atoms with Crippen LogP contribution in [0.3, 0.4) is 0 Å². The third-order valence-electron chi connectivity index (χ3n) is 0.308. The minimum absolute atomic E-state index is 0. The Morgan fingerprint density at radius 1 is 1.71 bits per heavy atom. The summed E-state index contributed by atoms with van der Waals surface area (Å²) < 4.78 is 10.9. The Morgan fingerprint density at radius 2 is 2.14 bits per heavy atom. The second-order valence-electron chi connectivity index (χ2n) is 0.833. The zero-order valence-corrected chi connectivity index (χ0v) is 4.37. The first-order chi connectivity index (χ1) is 2.77. The molecular weight excluding hydrogens is 122 g/mol. The van der Waals surface area contributed by atoms with Crippen LogP contribution >= 0.6 is 12.4 Å². The van der Waals surface area contributed by atoms with Gasteiger partial charge in [-0.3, -0.25) is 9.18 Å². The number of aliphatic carboxylic acids is 1. The summed E-state index contributed by atoms with van der Waals surface area (Å²) in [6, 6.07) is 0. The monoisotopic (exact) mass is 128 g/mol. The molecule has 0 heterocycles. The minimum Gasteiger partial charge on any atom is -0.481 e. The van der Waals surface area contributed by atoms with E-state index < -0.39 is 12.6 Å². The van der Waals surface area contributed by atoms with Gasteiger partial charge in [0, 0.05) is 0 Å². The van der Waals surface area contributed by atoms with E-state index in [2.05, 4.69) is 0 Å². The van der Waals surface area contributed by atoms with Crippen molar-refractivity contribution in [2.45, 2.75) is 6.42 Å².